The molecule has 1 aromatic carbocycles. The Balaban J connectivity index is 2.17. The summed E-state index contributed by atoms with van der Waals surface area (Å²) in [7, 11) is -3.51. The van der Waals surface area contributed by atoms with Crippen LogP contribution < -0.4 is 10.0 Å². The van der Waals surface area contributed by atoms with Gasteiger partial charge in [0.15, 0.2) is 0 Å². The van der Waals surface area contributed by atoms with Crippen LogP contribution in [0.25, 0.3) is 0 Å². The number of hydrogen-bond acceptors (Lipinski definition) is 5. The van der Waals surface area contributed by atoms with Crippen LogP contribution in [0.4, 0.5) is 5.69 Å². The second kappa shape index (κ2) is 6.73. The molecule has 114 valence electrons. The van der Waals surface area contributed by atoms with Crippen molar-refractivity contribution in [2.24, 2.45) is 0 Å². The van der Waals surface area contributed by atoms with E-state index in [4.69, 9.17) is 4.42 Å². The van der Waals surface area contributed by atoms with Gasteiger partial charge in [-0.05, 0) is 12.1 Å². The summed E-state index contributed by atoms with van der Waals surface area (Å²) < 4.78 is 32.2. The Morgan fingerprint density at radius 2 is 2.00 bits per heavy atom. The second-order valence-corrected chi connectivity index (χ2v) is 6.16. The minimum Gasteiger partial charge on any atom is -0.444 e. The molecular weight excluding hydrogens is 290 g/mol. The number of rotatable bonds is 7. The molecule has 2 aromatic rings. The predicted octanol–water partition coefficient (Wildman–Crippen LogP) is 2.15. The van der Waals surface area contributed by atoms with Crippen LogP contribution in [0.15, 0.2) is 39.8 Å². The lowest BCUT2D eigenvalue weighted by atomic mass is 10.3. The molecule has 0 atom stereocenters. The van der Waals surface area contributed by atoms with Crippen molar-refractivity contribution in [1.82, 2.24) is 9.71 Å². The number of nitrogens with one attached hydrogen (secondary N) is 2. The average Bonchev–Trinajstić information content (AvgIpc) is 2.93. The van der Waals surface area contributed by atoms with E-state index in [-0.39, 0.29) is 4.90 Å². The predicted molar refractivity (Wildman–Crippen MR) is 80.5 cm³/mol. The monoisotopic (exact) mass is 309 g/mol. The van der Waals surface area contributed by atoms with Gasteiger partial charge in [0, 0.05) is 13.0 Å². The van der Waals surface area contributed by atoms with E-state index in [1.165, 1.54) is 0 Å². The molecule has 7 heteroatoms. The Labute approximate surface area is 124 Å². The van der Waals surface area contributed by atoms with E-state index in [2.05, 4.69) is 15.0 Å². The highest BCUT2D eigenvalue weighted by Gasteiger charge is 2.17. The molecule has 2 N–H and O–H groups in total. The second-order valence-electron chi connectivity index (χ2n) is 4.42. The van der Waals surface area contributed by atoms with Gasteiger partial charge in [-0.2, -0.15) is 0 Å². The lowest BCUT2D eigenvalue weighted by Gasteiger charge is -2.11. The maximum absolute atomic E-state index is 12.1. The smallest absolute Gasteiger partial charge is 0.242 e. The number of aromatic nitrogens is 1. The molecule has 1 heterocycles. The van der Waals surface area contributed by atoms with Crippen molar-refractivity contribution < 1.29 is 12.8 Å². The van der Waals surface area contributed by atoms with Gasteiger partial charge in [0.1, 0.15) is 10.7 Å². The van der Waals surface area contributed by atoms with Gasteiger partial charge in [0.05, 0.1) is 18.4 Å². The molecule has 21 heavy (non-hydrogen) atoms. The molecular formula is C14H19N3O3S. The van der Waals surface area contributed by atoms with Crippen molar-refractivity contribution in [2.45, 2.75) is 31.7 Å². The maximum Gasteiger partial charge on any atom is 0.242 e. The lowest BCUT2D eigenvalue weighted by molar-refractivity contribution is 0.465. The van der Waals surface area contributed by atoms with Crippen LogP contribution in [-0.4, -0.2) is 19.9 Å². The highest BCUT2D eigenvalue weighted by Crippen LogP contribution is 2.21. The van der Waals surface area contributed by atoms with Gasteiger partial charge < -0.3 is 9.73 Å². The third-order valence-corrected chi connectivity index (χ3v) is 4.49. The molecule has 0 spiro atoms. The van der Waals surface area contributed by atoms with E-state index in [0.29, 0.717) is 24.7 Å². The summed E-state index contributed by atoms with van der Waals surface area (Å²) in [5, 5.41) is 3.06. The Hall–Kier alpha value is -1.86. The van der Waals surface area contributed by atoms with Gasteiger partial charge in [-0.25, -0.2) is 18.1 Å². The molecule has 0 amide bonds. The fourth-order valence-corrected chi connectivity index (χ4v) is 3.10. The first-order valence-electron chi connectivity index (χ1n) is 6.83. The quantitative estimate of drug-likeness (QED) is 0.818. The molecule has 0 saturated heterocycles. The summed E-state index contributed by atoms with van der Waals surface area (Å²) in [6, 6.07) is 6.75. The molecule has 0 bridgehead atoms. The number of hydrogen-bond donors (Lipinski definition) is 2. The van der Waals surface area contributed by atoms with Gasteiger partial charge in [-0.3, -0.25) is 0 Å². The highest BCUT2D eigenvalue weighted by atomic mass is 32.2. The van der Waals surface area contributed by atoms with Gasteiger partial charge in [-0.1, -0.05) is 26.0 Å². The van der Waals surface area contributed by atoms with Crippen molar-refractivity contribution in [2.75, 3.05) is 11.9 Å². The Bertz CT molecular complexity index is 695. The van der Waals surface area contributed by atoms with Crippen LogP contribution in [0.5, 0.6) is 0 Å². The van der Waals surface area contributed by atoms with Gasteiger partial charge >= 0.3 is 0 Å². The number of nitrogens with zero attached hydrogens (tertiary/aromatic N) is 1. The fraction of sp³-hybridized carbons (Fsp3) is 0.357. The molecule has 0 aliphatic rings. The Morgan fingerprint density at radius 3 is 2.67 bits per heavy atom. The zero-order chi connectivity index (χ0) is 15.3. The number of benzene rings is 1. The number of para-hydroxylation sites is 1. The first-order chi connectivity index (χ1) is 10.1. The maximum atomic E-state index is 12.1. The third kappa shape index (κ3) is 3.83. The first-order valence-corrected chi connectivity index (χ1v) is 8.31. The van der Waals surface area contributed by atoms with E-state index in [1.54, 1.807) is 37.4 Å². The molecule has 0 radical (unpaired) electrons. The standard InChI is InChI=1S/C14H19N3O3S/c1-3-11-9-16-14(20-11)10-15-12-7-5-6-8-13(12)21(18,19)17-4-2/h5-9,15,17H,3-4,10H2,1-2H3. The average molecular weight is 309 g/mol. The van der Waals surface area contributed by atoms with Crippen molar-refractivity contribution in [3.8, 4) is 0 Å². The lowest BCUT2D eigenvalue weighted by Crippen LogP contribution is -2.24. The van der Waals surface area contributed by atoms with Gasteiger partial charge in [0.25, 0.3) is 0 Å². The van der Waals surface area contributed by atoms with E-state index in [9.17, 15) is 8.42 Å². The summed E-state index contributed by atoms with van der Waals surface area (Å²) in [6.07, 6.45) is 2.46. The zero-order valence-electron chi connectivity index (χ0n) is 12.1. The topological polar surface area (TPSA) is 84.2 Å². The number of oxazole rings is 1. The van der Waals surface area contributed by atoms with Crippen LogP contribution in [0.2, 0.25) is 0 Å². The zero-order valence-corrected chi connectivity index (χ0v) is 12.9. The summed E-state index contributed by atoms with van der Waals surface area (Å²) in [6.45, 7) is 4.40. The molecule has 0 unspecified atom stereocenters. The Morgan fingerprint density at radius 1 is 1.24 bits per heavy atom. The summed E-state index contributed by atoms with van der Waals surface area (Å²) >= 11 is 0. The molecule has 0 fully saturated rings. The number of aryl methyl sites for hydroxylation is 1. The third-order valence-electron chi connectivity index (χ3n) is 2.89. The molecule has 2 rings (SSSR count). The minimum absolute atomic E-state index is 0.217. The first kappa shape index (κ1) is 15.5. The molecule has 0 saturated carbocycles. The molecule has 1 aromatic heterocycles. The van der Waals surface area contributed by atoms with E-state index in [1.807, 2.05) is 6.92 Å². The van der Waals surface area contributed by atoms with Crippen LogP contribution >= 0.6 is 0 Å². The van der Waals surface area contributed by atoms with Crippen LogP contribution in [-0.2, 0) is 23.0 Å². The number of anilines is 1. The minimum atomic E-state index is -3.51. The Kier molecular flexibility index (Phi) is 4.98. The van der Waals surface area contributed by atoms with Gasteiger partial charge in [-0.15, -0.1) is 0 Å². The van der Waals surface area contributed by atoms with Gasteiger partial charge in [0.2, 0.25) is 15.9 Å². The molecule has 0 aliphatic carbocycles. The van der Waals surface area contributed by atoms with Crippen LogP contribution in [0.3, 0.4) is 0 Å². The van der Waals surface area contributed by atoms with Crippen LogP contribution in [0, 0.1) is 0 Å². The van der Waals surface area contributed by atoms with Crippen molar-refractivity contribution in [3.63, 3.8) is 0 Å². The van der Waals surface area contributed by atoms with E-state index >= 15 is 0 Å². The summed E-state index contributed by atoms with van der Waals surface area (Å²) in [5.41, 5.74) is 0.523. The van der Waals surface area contributed by atoms with E-state index < -0.39 is 10.0 Å². The molecule has 0 aliphatic heterocycles. The van der Waals surface area contributed by atoms with Crippen molar-refractivity contribution in [3.05, 3.63) is 42.1 Å². The molecule has 6 nitrogen and oxygen atoms in total. The fourth-order valence-electron chi connectivity index (χ4n) is 1.88. The van der Waals surface area contributed by atoms with E-state index in [0.717, 1.165) is 12.2 Å². The number of sulfonamides is 1. The van der Waals surface area contributed by atoms with Crippen molar-refractivity contribution >= 4 is 15.7 Å². The van der Waals surface area contributed by atoms with Crippen LogP contribution in [0.1, 0.15) is 25.5 Å². The SMILES string of the molecule is CCNS(=O)(=O)c1ccccc1NCc1ncc(CC)o1. The largest absolute Gasteiger partial charge is 0.444 e. The normalized spacial score (nSPS) is 11.5. The van der Waals surface area contributed by atoms with Crippen molar-refractivity contribution in [1.29, 1.82) is 0 Å². The summed E-state index contributed by atoms with van der Waals surface area (Å²) in [4.78, 5) is 4.35. The summed E-state index contributed by atoms with van der Waals surface area (Å²) in [5.74, 6) is 1.34. The highest BCUT2D eigenvalue weighted by molar-refractivity contribution is 7.89.